The van der Waals surface area contributed by atoms with Gasteiger partial charge in [0.25, 0.3) is 0 Å². The fraction of sp³-hybridized carbons (Fsp3) is 0.231. The SMILES string of the molecule is C/C=C1/CC=Cc2cccc(C)c21. The van der Waals surface area contributed by atoms with Crippen molar-refractivity contribution in [2.75, 3.05) is 0 Å². The normalized spacial score (nSPS) is 17.5. The molecule has 66 valence electrons. The van der Waals surface area contributed by atoms with Crippen LogP contribution in [-0.4, -0.2) is 0 Å². The lowest BCUT2D eigenvalue weighted by Gasteiger charge is -2.16. The molecule has 0 radical (unpaired) electrons. The molecule has 1 aliphatic carbocycles. The van der Waals surface area contributed by atoms with Crippen molar-refractivity contribution in [2.45, 2.75) is 20.3 Å². The molecule has 0 fully saturated rings. The molecule has 0 bridgehead atoms. The summed E-state index contributed by atoms with van der Waals surface area (Å²) in [6.45, 7) is 4.30. The van der Waals surface area contributed by atoms with E-state index in [0.29, 0.717) is 0 Å². The summed E-state index contributed by atoms with van der Waals surface area (Å²) in [4.78, 5) is 0. The molecule has 1 aromatic rings. The van der Waals surface area contributed by atoms with Gasteiger partial charge in [0, 0.05) is 0 Å². The average Bonchev–Trinajstić information content (AvgIpc) is 2.17. The van der Waals surface area contributed by atoms with E-state index in [1.165, 1.54) is 22.3 Å². The van der Waals surface area contributed by atoms with Crippen molar-refractivity contribution in [3.63, 3.8) is 0 Å². The van der Waals surface area contributed by atoms with E-state index >= 15 is 0 Å². The van der Waals surface area contributed by atoms with Crippen molar-refractivity contribution < 1.29 is 0 Å². The van der Waals surface area contributed by atoms with Crippen LogP contribution >= 0.6 is 0 Å². The second kappa shape index (κ2) is 3.21. The molecular weight excluding hydrogens is 156 g/mol. The van der Waals surface area contributed by atoms with Gasteiger partial charge in [0.05, 0.1) is 0 Å². The third-order valence-corrected chi connectivity index (χ3v) is 2.61. The van der Waals surface area contributed by atoms with Crippen LogP contribution in [0.25, 0.3) is 11.6 Å². The van der Waals surface area contributed by atoms with Crippen molar-refractivity contribution in [3.05, 3.63) is 47.0 Å². The van der Waals surface area contributed by atoms with Crippen molar-refractivity contribution in [3.8, 4) is 0 Å². The molecule has 0 saturated heterocycles. The fourth-order valence-corrected chi connectivity index (χ4v) is 1.95. The Kier molecular flexibility index (Phi) is 2.05. The summed E-state index contributed by atoms with van der Waals surface area (Å²) in [5, 5.41) is 0. The fourth-order valence-electron chi connectivity index (χ4n) is 1.95. The van der Waals surface area contributed by atoms with Gasteiger partial charge in [-0.05, 0) is 42.5 Å². The lowest BCUT2D eigenvalue weighted by Crippen LogP contribution is -1.95. The third kappa shape index (κ3) is 1.33. The van der Waals surface area contributed by atoms with Gasteiger partial charge in [-0.25, -0.2) is 0 Å². The molecule has 0 unspecified atom stereocenters. The Bertz CT molecular complexity index is 381. The van der Waals surface area contributed by atoms with E-state index in [9.17, 15) is 0 Å². The predicted octanol–water partition coefficient (Wildman–Crippen LogP) is 3.82. The molecule has 2 rings (SSSR count). The van der Waals surface area contributed by atoms with Crippen LogP contribution in [0.3, 0.4) is 0 Å². The summed E-state index contributed by atoms with van der Waals surface area (Å²) in [6.07, 6.45) is 7.75. The minimum absolute atomic E-state index is 1.08. The zero-order valence-corrected chi connectivity index (χ0v) is 8.17. The molecular formula is C13H14. The van der Waals surface area contributed by atoms with Gasteiger partial charge in [-0.2, -0.15) is 0 Å². The Labute approximate surface area is 79.6 Å². The van der Waals surface area contributed by atoms with E-state index in [4.69, 9.17) is 0 Å². The highest BCUT2D eigenvalue weighted by Crippen LogP contribution is 2.30. The van der Waals surface area contributed by atoms with Gasteiger partial charge in [0.2, 0.25) is 0 Å². The van der Waals surface area contributed by atoms with Gasteiger partial charge in [-0.15, -0.1) is 0 Å². The molecule has 1 aromatic carbocycles. The minimum atomic E-state index is 1.08. The Morgan fingerprint density at radius 2 is 2.15 bits per heavy atom. The molecule has 0 heterocycles. The van der Waals surface area contributed by atoms with E-state index in [1.807, 2.05) is 0 Å². The van der Waals surface area contributed by atoms with Crippen LogP contribution in [0.5, 0.6) is 0 Å². The van der Waals surface area contributed by atoms with E-state index in [2.05, 4.69) is 50.3 Å². The summed E-state index contributed by atoms with van der Waals surface area (Å²) in [5.74, 6) is 0. The molecule has 0 nitrogen and oxygen atoms in total. The molecule has 0 amide bonds. The summed E-state index contributed by atoms with van der Waals surface area (Å²) in [5.41, 5.74) is 5.64. The van der Waals surface area contributed by atoms with Gasteiger partial charge in [-0.1, -0.05) is 36.4 Å². The topological polar surface area (TPSA) is 0 Å². The lowest BCUT2D eigenvalue weighted by molar-refractivity contribution is 1.30. The van der Waals surface area contributed by atoms with E-state index < -0.39 is 0 Å². The molecule has 0 N–H and O–H groups in total. The van der Waals surface area contributed by atoms with Crippen LogP contribution in [-0.2, 0) is 0 Å². The molecule has 0 aliphatic heterocycles. The molecule has 0 heteroatoms. The number of benzene rings is 1. The molecule has 1 aliphatic rings. The summed E-state index contributed by atoms with van der Waals surface area (Å²) >= 11 is 0. The van der Waals surface area contributed by atoms with Crippen LogP contribution in [0.1, 0.15) is 30.0 Å². The Hall–Kier alpha value is -1.30. The zero-order valence-electron chi connectivity index (χ0n) is 8.17. The Morgan fingerprint density at radius 1 is 1.31 bits per heavy atom. The maximum atomic E-state index is 2.23. The maximum Gasteiger partial charge on any atom is -0.00911 e. The number of rotatable bonds is 0. The quantitative estimate of drug-likeness (QED) is 0.555. The predicted molar refractivity (Wildman–Crippen MR) is 58.5 cm³/mol. The summed E-state index contributed by atoms with van der Waals surface area (Å²) < 4.78 is 0. The second-order valence-electron chi connectivity index (χ2n) is 3.46. The van der Waals surface area contributed by atoms with Crippen LogP contribution in [0.4, 0.5) is 0 Å². The summed E-state index contributed by atoms with van der Waals surface area (Å²) in [7, 11) is 0. The molecule has 0 aromatic heterocycles. The van der Waals surface area contributed by atoms with Gasteiger partial charge >= 0.3 is 0 Å². The van der Waals surface area contributed by atoms with Gasteiger partial charge in [0.1, 0.15) is 0 Å². The van der Waals surface area contributed by atoms with Crippen molar-refractivity contribution in [1.29, 1.82) is 0 Å². The Morgan fingerprint density at radius 3 is 2.92 bits per heavy atom. The number of aryl methyl sites for hydroxylation is 1. The maximum absolute atomic E-state index is 2.23. The van der Waals surface area contributed by atoms with Crippen molar-refractivity contribution >= 4 is 11.6 Å². The minimum Gasteiger partial charge on any atom is -0.0835 e. The molecule has 13 heavy (non-hydrogen) atoms. The standard InChI is InChI=1S/C13H14/c1-3-11-7-5-9-12-8-4-6-10(2)13(11)12/h3-6,8-9H,7H2,1-2H3/b11-3-. The van der Waals surface area contributed by atoms with Crippen molar-refractivity contribution in [2.24, 2.45) is 0 Å². The lowest BCUT2D eigenvalue weighted by atomic mass is 9.89. The van der Waals surface area contributed by atoms with Gasteiger partial charge in [-0.3, -0.25) is 0 Å². The van der Waals surface area contributed by atoms with Crippen LogP contribution < -0.4 is 0 Å². The van der Waals surface area contributed by atoms with E-state index in [0.717, 1.165) is 6.42 Å². The first-order chi connectivity index (χ1) is 6.33. The van der Waals surface area contributed by atoms with Crippen LogP contribution in [0, 0.1) is 6.92 Å². The van der Waals surface area contributed by atoms with Crippen LogP contribution in [0.15, 0.2) is 30.4 Å². The first-order valence-electron chi connectivity index (χ1n) is 4.74. The number of allylic oxidation sites excluding steroid dienone is 3. The van der Waals surface area contributed by atoms with E-state index in [-0.39, 0.29) is 0 Å². The second-order valence-corrected chi connectivity index (χ2v) is 3.46. The first-order valence-corrected chi connectivity index (χ1v) is 4.74. The van der Waals surface area contributed by atoms with Crippen molar-refractivity contribution in [1.82, 2.24) is 0 Å². The highest BCUT2D eigenvalue weighted by molar-refractivity contribution is 5.80. The third-order valence-electron chi connectivity index (χ3n) is 2.61. The largest absolute Gasteiger partial charge is 0.0835 e. The van der Waals surface area contributed by atoms with Gasteiger partial charge < -0.3 is 0 Å². The van der Waals surface area contributed by atoms with Gasteiger partial charge in [0.15, 0.2) is 0 Å². The first kappa shape index (κ1) is 8.31. The monoisotopic (exact) mass is 170 g/mol. The number of hydrogen-bond acceptors (Lipinski definition) is 0. The Balaban J connectivity index is 2.68. The molecule has 0 atom stereocenters. The highest BCUT2D eigenvalue weighted by atomic mass is 14.1. The highest BCUT2D eigenvalue weighted by Gasteiger charge is 2.10. The van der Waals surface area contributed by atoms with Crippen LogP contribution in [0.2, 0.25) is 0 Å². The number of fused-ring (bicyclic) bond motifs is 1. The number of hydrogen-bond donors (Lipinski definition) is 0. The smallest absolute Gasteiger partial charge is 0.00911 e. The zero-order chi connectivity index (χ0) is 9.26. The molecule has 0 saturated carbocycles. The summed E-state index contributed by atoms with van der Waals surface area (Å²) in [6, 6.07) is 6.49. The molecule has 0 spiro atoms. The van der Waals surface area contributed by atoms with E-state index in [1.54, 1.807) is 0 Å². The average molecular weight is 170 g/mol.